The lowest BCUT2D eigenvalue weighted by Gasteiger charge is -2.24. The molecule has 0 atom stereocenters. The van der Waals surface area contributed by atoms with Gasteiger partial charge in [-0.2, -0.15) is 4.31 Å². The second-order valence-electron chi connectivity index (χ2n) is 4.61. The van der Waals surface area contributed by atoms with Crippen LogP contribution in [0.5, 0.6) is 0 Å². The molecular weight excluding hydrogens is 346 g/mol. The monoisotopic (exact) mass is 367 g/mol. The number of thiophene rings is 1. The number of halogens is 1. The molecule has 0 spiro atoms. The lowest BCUT2D eigenvalue weighted by Crippen LogP contribution is -2.35. The van der Waals surface area contributed by atoms with Gasteiger partial charge in [0.2, 0.25) is 10.0 Å². The molecule has 3 nitrogen and oxygen atoms in total. The first-order chi connectivity index (χ1) is 8.86. The summed E-state index contributed by atoms with van der Waals surface area (Å²) in [6, 6.07) is 1.71. The maximum absolute atomic E-state index is 12.7. The van der Waals surface area contributed by atoms with Crippen molar-refractivity contribution in [2.45, 2.75) is 45.4 Å². The Morgan fingerprint density at radius 1 is 1.32 bits per heavy atom. The summed E-state index contributed by atoms with van der Waals surface area (Å²) in [5.41, 5.74) is 0. The van der Waals surface area contributed by atoms with Crippen LogP contribution in [0, 0.1) is 12.8 Å². The fourth-order valence-corrected chi connectivity index (χ4v) is 5.97. The number of rotatable bonds is 7. The third-order valence-corrected chi connectivity index (χ3v) is 7.18. The summed E-state index contributed by atoms with van der Waals surface area (Å²) in [7, 11) is -3.36. The van der Waals surface area contributed by atoms with Gasteiger partial charge in [0.15, 0.2) is 0 Å². The van der Waals surface area contributed by atoms with Gasteiger partial charge in [-0.3, -0.25) is 0 Å². The molecule has 0 aliphatic carbocycles. The Hall–Kier alpha value is 0.0900. The summed E-state index contributed by atoms with van der Waals surface area (Å²) in [4.78, 5) is 1.28. The highest BCUT2D eigenvalue weighted by Gasteiger charge is 2.27. The van der Waals surface area contributed by atoms with Gasteiger partial charge < -0.3 is 0 Å². The lowest BCUT2D eigenvalue weighted by molar-refractivity contribution is 0.339. The highest BCUT2D eigenvalue weighted by Crippen LogP contribution is 2.32. The first-order valence-corrected chi connectivity index (χ1v) is 9.67. The molecule has 1 aromatic rings. The molecule has 0 saturated carbocycles. The minimum absolute atomic E-state index is 0.428. The van der Waals surface area contributed by atoms with Crippen LogP contribution in [0.4, 0.5) is 0 Å². The van der Waals surface area contributed by atoms with Crippen LogP contribution in [0.2, 0.25) is 0 Å². The third kappa shape index (κ3) is 4.03. The van der Waals surface area contributed by atoms with E-state index >= 15 is 0 Å². The Bertz CT molecular complexity index is 507. The predicted molar refractivity (Wildman–Crippen MR) is 85.3 cm³/mol. The molecule has 1 heterocycles. The molecule has 0 bridgehead atoms. The van der Waals surface area contributed by atoms with Crippen LogP contribution in [0.3, 0.4) is 0 Å². The van der Waals surface area contributed by atoms with Gasteiger partial charge in [0, 0.05) is 18.0 Å². The Morgan fingerprint density at radius 3 is 2.26 bits per heavy atom. The van der Waals surface area contributed by atoms with Gasteiger partial charge in [-0.1, -0.05) is 33.6 Å². The standard InChI is InChI=1S/C13H22BrNO2S2/c1-5-11(6-2)9-15(7-3)19(16,17)12-8-13(14)18-10(12)4/h8,11H,5-7,9H2,1-4H3. The zero-order valence-corrected chi connectivity index (χ0v) is 15.2. The van der Waals surface area contributed by atoms with E-state index in [0.29, 0.717) is 23.9 Å². The quantitative estimate of drug-likeness (QED) is 0.721. The number of nitrogens with zero attached hydrogens (tertiary/aromatic N) is 1. The average Bonchev–Trinajstić information content (AvgIpc) is 2.70. The van der Waals surface area contributed by atoms with E-state index in [9.17, 15) is 8.42 Å². The van der Waals surface area contributed by atoms with Crippen molar-refractivity contribution in [2.24, 2.45) is 5.92 Å². The van der Waals surface area contributed by atoms with Crippen LogP contribution >= 0.6 is 27.3 Å². The average molecular weight is 368 g/mol. The Labute approximate surface area is 129 Å². The molecule has 0 radical (unpaired) electrons. The van der Waals surface area contributed by atoms with E-state index < -0.39 is 10.0 Å². The smallest absolute Gasteiger partial charge is 0.207 e. The molecule has 0 aliphatic heterocycles. The lowest BCUT2D eigenvalue weighted by atomic mass is 10.0. The first-order valence-electron chi connectivity index (χ1n) is 6.62. The summed E-state index contributed by atoms with van der Waals surface area (Å²) in [6.07, 6.45) is 2.02. The van der Waals surface area contributed by atoms with E-state index in [1.807, 2.05) is 13.8 Å². The van der Waals surface area contributed by atoms with Crippen molar-refractivity contribution in [1.29, 1.82) is 0 Å². The topological polar surface area (TPSA) is 37.4 Å². The largest absolute Gasteiger partial charge is 0.244 e. The molecule has 0 N–H and O–H groups in total. The van der Waals surface area contributed by atoms with Gasteiger partial charge in [-0.05, 0) is 34.8 Å². The van der Waals surface area contributed by atoms with Crippen molar-refractivity contribution in [2.75, 3.05) is 13.1 Å². The molecule has 0 saturated heterocycles. The Kier molecular flexibility index (Phi) is 6.50. The molecule has 1 aromatic heterocycles. The summed E-state index contributed by atoms with van der Waals surface area (Å²) in [5, 5.41) is 0. The van der Waals surface area contributed by atoms with Crippen molar-refractivity contribution in [3.05, 3.63) is 14.7 Å². The minimum atomic E-state index is -3.36. The first kappa shape index (κ1) is 17.1. The number of sulfonamides is 1. The minimum Gasteiger partial charge on any atom is -0.207 e. The maximum Gasteiger partial charge on any atom is 0.244 e. The summed E-state index contributed by atoms with van der Waals surface area (Å²) < 4.78 is 27.8. The van der Waals surface area contributed by atoms with Crippen LogP contribution in [0.15, 0.2) is 14.7 Å². The van der Waals surface area contributed by atoms with E-state index in [0.717, 1.165) is 21.5 Å². The second-order valence-corrected chi connectivity index (χ2v) is 9.15. The van der Waals surface area contributed by atoms with Gasteiger partial charge in [0.25, 0.3) is 0 Å². The number of aryl methyl sites for hydroxylation is 1. The molecule has 0 aliphatic rings. The molecule has 19 heavy (non-hydrogen) atoms. The zero-order chi connectivity index (χ0) is 14.6. The van der Waals surface area contributed by atoms with Crippen molar-refractivity contribution in [3.8, 4) is 0 Å². The highest BCUT2D eigenvalue weighted by atomic mass is 79.9. The van der Waals surface area contributed by atoms with Crippen molar-refractivity contribution < 1.29 is 8.42 Å². The number of hydrogen-bond acceptors (Lipinski definition) is 3. The van der Waals surface area contributed by atoms with E-state index in [1.165, 1.54) is 11.3 Å². The second kappa shape index (κ2) is 7.20. The third-order valence-electron chi connectivity index (χ3n) is 3.43. The molecule has 0 fully saturated rings. The van der Waals surface area contributed by atoms with Gasteiger partial charge >= 0.3 is 0 Å². The molecule has 1 rings (SSSR count). The van der Waals surface area contributed by atoms with Gasteiger partial charge in [-0.15, -0.1) is 11.3 Å². The van der Waals surface area contributed by atoms with Crippen molar-refractivity contribution in [3.63, 3.8) is 0 Å². The van der Waals surface area contributed by atoms with E-state index in [4.69, 9.17) is 0 Å². The number of hydrogen-bond donors (Lipinski definition) is 0. The van der Waals surface area contributed by atoms with Crippen LogP contribution in [0.1, 0.15) is 38.5 Å². The van der Waals surface area contributed by atoms with Gasteiger partial charge in [-0.25, -0.2) is 8.42 Å². The van der Waals surface area contributed by atoms with Crippen molar-refractivity contribution in [1.82, 2.24) is 4.31 Å². The molecule has 0 unspecified atom stereocenters. The van der Waals surface area contributed by atoms with E-state index in [-0.39, 0.29) is 0 Å². The molecule has 0 amide bonds. The fraction of sp³-hybridized carbons (Fsp3) is 0.692. The van der Waals surface area contributed by atoms with Crippen LogP contribution < -0.4 is 0 Å². The van der Waals surface area contributed by atoms with Crippen molar-refractivity contribution >= 4 is 37.3 Å². The van der Waals surface area contributed by atoms with E-state index in [2.05, 4.69) is 29.8 Å². The summed E-state index contributed by atoms with van der Waals surface area (Å²) in [5.74, 6) is 0.428. The molecular formula is C13H22BrNO2S2. The van der Waals surface area contributed by atoms with Crippen LogP contribution in [-0.2, 0) is 10.0 Å². The Morgan fingerprint density at radius 2 is 1.89 bits per heavy atom. The molecule has 110 valence electrons. The van der Waals surface area contributed by atoms with Gasteiger partial charge in [0.1, 0.15) is 0 Å². The highest BCUT2D eigenvalue weighted by molar-refractivity contribution is 9.11. The SMILES string of the molecule is CCC(CC)CN(CC)S(=O)(=O)c1cc(Br)sc1C. The zero-order valence-electron chi connectivity index (χ0n) is 11.9. The van der Waals surface area contributed by atoms with Crippen LogP contribution in [0.25, 0.3) is 0 Å². The summed E-state index contributed by atoms with van der Waals surface area (Å²) in [6.45, 7) is 9.11. The predicted octanol–water partition coefficient (Wildman–Crippen LogP) is 4.27. The maximum atomic E-state index is 12.7. The molecule has 6 heteroatoms. The Balaban J connectivity index is 3.05. The summed E-state index contributed by atoms with van der Waals surface area (Å²) >= 11 is 4.83. The molecule has 0 aromatic carbocycles. The fourth-order valence-electron chi connectivity index (χ4n) is 2.06. The van der Waals surface area contributed by atoms with E-state index in [1.54, 1.807) is 10.4 Å². The van der Waals surface area contributed by atoms with Gasteiger partial charge in [0.05, 0.1) is 8.68 Å². The normalized spacial score (nSPS) is 12.6. The van der Waals surface area contributed by atoms with Crippen LogP contribution in [-0.4, -0.2) is 25.8 Å².